The van der Waals surface area contributed by atoms with Crippen molar-refractivity contribution in [2.75, 3.05) is 20.0 Å². The van der Waals surface area contributed by atoms with Gasteiger partial charge in [-0.15, -0.1) is 10.2 Å². The maximum Gasteiger partial charge on any atom is 0.250 e. The van der Waals surface area contributed by atoms with Crippen LogP contribution in [-0.4, -0.2) is 46.9 Å². The highest BCUT2D eigenvalue weighted by Crippen LogP contribution is 2.28. The number of ether oxygens (including phenoxy) is 2. The molecule has 0 aliphatic rings. The number of methoxy groups -OCH3 is 2. The van der Waals surface area contributed by atoms with Crippen molar-refractivity contribution < 1.29 is 14.3 Å². The summed E-state index contributed by atoms with van der Waals surface area (Å²) in [5.74, 6) is 1.80. The topological polar surface area (TPSA) is 90.6 Å². The Balaban J connectivity index is 1.48. The Labute approximate surface area is 215 Å². The summed E-state index contributed by atoms with van der Waals surface area (Å²) in [7, 11) is 3.15. The molecule has 0 saturated carbocycles. The Morgan fingerprint density at radius 2 is 1.83 bits per heavy atom. The second-order valence-electron chi connectivity index (χ2n) is 7.17. The Kier molecular flexibility index (Phi) is 8.17. The lowest BCUT2D eigenvalue weighted by atomic mass is 10.2. The molecule has 10 heteroatoms. The van der Waals surface area contributed by atoms with Crippen LogP contribution in [0.5, 0.6) is 11.5 Å². The highest BCUT2D eigenvalue weighted by molar-refractivity contribution is 9.10. The molecule has 3 aromatic carbocycles. The number of halogens is 1. The molecule has 4 rings (SSSR count). The second kappa shape index (κ2) is 11.7. The highest BCUT2D eigenvalue weighted by atomic mass is 79.9. The number of thioether (sulfide) groups is 1. The third kappa shape index (κ3) is 6.09. The van der Waals surface area contributed by atoms with Gasteiger partial charge in [-0.05, 0) is 42.5 Å². The lowest BCUT2D eigenvalue weighted by molar-refractivity contribution is -0.118. The van der Waals surface area contributed by atoms with Crippen LogP contribution in [0.2, 0.25) is 0 Å². The number of para-hydroxylation sites is 1. The Hall–Kier alpha value is -3.63. The van der Waals surface area contributed by atoms with Gasteiger partial charge in [0.1, 0.15) is 11.5 Å². The summed E-state index contributed by atoms with van der Waals surface area (Å²) in [5, 5.41) is 13.4. The molecule has 4 aromatic rings. The molecule has 1 aromatic heterocycles. The number of amides is 1. The van der Waals surface area contributed by atoms with Crippen molar-refractivity contribution in [3.8, 4) is 28.6 Å². The molecule has 35 heavy (non-hydrogen) atoms. The fraction of sp³-hybridized carbons (Fsp3) is 0.120. The molecule has 8 nitrogen and oxygen atoms in total. The van der Waals surface area contributed by atoms with E-state index in [1.165, 1.54) is 18.0 Å². The van der Waals surface area contributed by atoms with Crippen LogP contribution in [-0.2, 0) is 4.79 Å². The molecule has 0 saturated heterocycles. The Morgan fingerprint density at radius 1 is 1.06 bits per heavy atom. The number of carbonyl (C=O) groups excluding carboxylic acids is 1. The Morgan fingerprint density at radius 3 is 2.54 bits per heavy atom. The van der Waals surface area contributed by atoms with Gasteiger partial charge in [0.25, 0.3) is 5.91 Å². The molecule has 0 unspecified atom stereocenters. The van der Waals surface area contributed by atoms with E-state index in [1.54, 1.807) is 32.4 Å². The smallest absolute Gasteiger partial charge is 0.250 e. The second-order valence-corrected chi connectivity index (χ2v) is 9.03. The number of benzene rings is 3. The third-order valence-corrected chi connectivity index (χ3v) is 6.37. The van der Waals surface area contributed by atoms with Crippen molar-refractivity contribution in [1.82, 2.24) is 20.2 Å². The van der Waals surface area contributed by atoms with Gasteiger partial charge in [0, 0.05) is 21.3 Å². The highest BCUT2D eigenvalue weighted by Gasteiger charge is 2.17. The van der Waals surface area contributed by atoms with E-state index in [1.807, 2.05) is 59.2 Å². The maximum absolute atomic E-state index is 12.5. The van der Waals surface area contributed by atoms with E-state index in [-0.39, 0.29) is 11.7 Å². The lowest BCUT2D eigenvalue weighted by Gasteiger charge is -2.10. The molecule has 0 atom stereocenters. The molecule has 0 radical (unpaired) electrons. The van der Waals surface area contributed by atoms with Gasteiger partial charge in [-0.25, -0.2) is 5.43 Å². The molecule has 1 amide bonds. The molecule has 0 aliphatic heterocycles. The van der Waals surface area contributed by atoms with E-state index in [9.17, 15) is 4.79 Å². The van der Waals surface area contributed by atoms with Crippen LogP contribution in [0, 0.1) is 0 Å². The van der Waals surface area contributed by atoms with E-state index in [0.29, 0.717) is 28.0 Å². The summed E-state index contributed by atoms with van der Waals surface area (Å²) in [6.07, 6.45) is 1.52. The fourth-order valence-corrected chi connectivity index (χ4v) is 4.24. The zero-order valence-electron chi connectivity index (χ0n) is 19.0. The summed E-state index contributed by atoms with van der Waals surface area (Å²) < 4.78 is 13.5. The van der Waals surface area contributed by atoms with Crippen LogP contribution >= 0.6 is 27.7 Å². The first-order valence-electron chi connectivity index (χ1n) is 10.5. The fourth-order valence-electron chi connectivity index (χ4n) is 3.24. The van der Waals surface area contributed by atoms with Crippen molar-refractivity contribution in [2.24, 2.45) is 5.10 Å². The summed E-state index contributed by atoms with van der Waals surface area (Å²) in [6, 6.07) is 23.0. The van der Waals surface area contributed by atoms with Crippen LogP contribution in [0.3, 0.4) is 0 Å². The quantitative estimate of drug-likeness (QED) is 0.180. The first-order chi connectivity index (χ1) is 17.1. The zero-order valence-corrected chi connectivity index (χ0v) is 21.4. The molecule has 0 aliphatic carbocycles. The van der Waals surface area contributed by atoms with E-state index >= 15 is 0 Å². The zero-order chi connectivity index (χ0) is 24.6. The number of aromatic nitrogens is 3. The Bertz CT molecular complexity index is 1330. The van der Waals surface area contributed by atoms with Crippen LogP contribution in [0.4, 0.5) is 0 Å². The molecule has 1 heterocycles. The minimum Gasteiger partial charge on any atom is -0.497 e. The third-order valence-electron chi connectivity index (χ3n) is 4.91. The van der Waals surface area contributed by atoms with Gasteiger partial charge in [0.15, 0.2) is 11.0 Å². The van der Waals surface area contributed by atoms with Gasteiger partial charge in [0.05, 0.1) is 26.2 Å². The number of nitrogens with one attached hydrogen (secondary N) is 1. The number of carbonyl (C=O) groups is 1. The van der Waals surface area contributed by atoms with Crippen LogP contribution in [0.25, 0.3) is 17.1 Å². The largest absolute Gasteiger partial charge is 0.497 e. The van der Waals surface area contributed by atoms with E-state index in [0.717, 1.165) is 15.7 Å². The number of nitrogens with zero attached hydrogens (tertiary/aromatic N) is 4. The minimum absolute atomic E-state index is 0.109. The average Bonchev–Trinajstić information content (AvgIpc) is 3.32. The molecule has 1 N–H and O–H groups in total. The summed E-state index contributed by atoms with van der Waals surface area (Å²) in [5.41, 5.74) is 5.05. The summed E-state index contributed by atoms with van der Waals surface area (Å²) in [4.78, 5) is 12.5. The maximum atomic E-state index is 12.5. The molecule has 0 fully saturated rings. The van der Waals surface area contributed by atoms with Gasteiger partial charge in [-0.2, -0.15) is 5.10 Å². The van der Waals surface area contributed by atoms with Crippen LogP contribution < -0.4 is 14.9 Å². The van der Waals surface area contributed by atoms with Gasteiger partial charge in [-0.1, -0.05) is 58.0 Å². The normalized spacial score (nSPS) is 10.9. The van der Waals surface area contributed by atoms with Crippen molar-refractivity contribution in [2.45, 2.75) is 5.16 Å². The van der Waals surface area contributed by atoms with E-state index in [2.05, 4.69) is 36.7 Å². The minimum atomic E-state index is -0.277. The number of hydrogen-bond donors (Lipinski definition) is 1. The molecular formula is C25H22BrN5O3S. The van der Waals surface area contributed by atoms with Crippen molar-refractivity contribution in [1.29, 1.82) is 0 Å². The predicted octanol–water partition coefficient (Wildman–Crippen LogP) is 4.96. The summed E-state index contributed by atoms with van der Waals surface area (Å²) in [6.45, 7) is 0. The number of rotatable bonds is 9. The van der Waals surface area contributed by atoms with Gasteiger partial charge < -0.3 is 9.47 Å². The van der Waals surface area contributed by atoms with Crippen molar-refractivity contribution in [3.05, 3.63) is 82.8 Å². The first kappa shape index (κ1) is 24.5. The van der Waals surface area contributed by atoms with Crippen molar-refractivity contribution >= 4 is 39.8 Å². The SMILES string of the molecule is COc1ccc(OC)c(/C=N/NC(=O)CSc2nnc(-c3ccc(Br)cc3)n2-c2ccccc2)c1. The van der Waals surface area contributed by atoms with Crippen LogP contribution in [0.1, 0.15) is 5.56 Å². The lowest BCUT2D eigenvalue weighted by Crippen LogP contribution is -2.20. The van der Waals surface area contributed by atoms with Crippen LogP contribution in [0.15, 0.2) is 87.5 Å². The molecule has 0 spiro atoms. The molecular weight excluding hydrogens is 530 g/mol. The van der Waals surface area contributed by atoms with Gasteiger partial charge in [0.2, 0.25) is 0 Å². The van der Waals surface area contributed by atoms with E-state index in [4.69, 9.17) is 9.47 Å². The van der Waals surface area contributed by atoms with Crippen molar-refractivity contribution in [3.63, 3.8) is 0 Å². The van der Waals surface area contributed by atoms with Gasteiger partial charge in [-0.3, -0.25) is 9.36 Å². The number of hydrogen-bond acceptors (Lipinski definition) is 7. The average molecular weight is 552 g/mol. The first-order valence-corrected chi connectivity index (χ1v) is 12.3. The standard InChI is InChI=1S/C25H22BrN5O3S/c1-33-21-12-13-22(34-2)18(14-21)15-27-28-23(32)16-35-25-30-29-24(17-8-10-19(26)11-9-17)31(25)20-6-4-3-5-7-20/h3-15H,16H2,1-2H3,(H,28,32)/b27-15+. The molecule has 178 valence electrons. The monoisotopic (exact) mass is 551 g/mol. The number of hydrazone groups is 1. The van der Waals surface area contributed by atoms with E-state index < -0.39 is 0 Å². The predicted molar refractivity (Wildman–Crippen MR) is 141 cm³/mol. The van der Waals surface area contributed by atoms with Gasteiger partial charge >= 0.3 is 0 Å². The summed E-state index contributed by atoms with van der Waals surface area (Å²) >= 11 is 4.74. The molecule has 0 bridgehead atoms.